The van der Waals surface area contributed by atoms with Gasteiger partial charge in [-0.15, -0.1) is 0 Å². The standard InChI is InChI=1S/C28H32ClN3O4S/c1-5-26(28(34)30-4)31(18-22-12-10-9-11-20(22)2)27(33)19-32(23-16-15-21(3)25(29)17-23)37(35,36)24-13-7-6-8-14-24/h6-17,26H,5,18-19H2,1-4H3,(H,30,34)/t26-/m0/s1. The van der Waals surface area contributed by atoms with Crippen molar-refractivity contribution in [3.05, 3.63) is 94.5 Å². The van der Waals surface area contributed by atoms with Gasteiger partial charge >= 0.3 is 0 Å². The van der Waals surface area contributed by atoms with Crippen LogP contribution in [0.5, 0.6) is 0 Å². The number of rotatable bonds is 10. The molecule has 0 aliphatic carbocycles. The number of carbonyl (C=O) groups is 2. The summed E-state index contributed by atoms with van der Waals surface area (Å²) >= 11 is 6.34. The van der Waals surface area contributed by atoms with E-state index in [0.717, 1.165) is 21.0 Å². The molecule has 3 aromatic rings. The highest BCUT2D eigenvalue weighted by molar-refractivity contribution is 7.92. The molecule has 0 spiro atoms. The average molecular weight is 542 g/mol. The highest BCUT2D eigenvalue weighted by Crippen LogP contribution is 2.28. The summed E-state index contributed by atoms with van der Waals surface area (Å²) in [6.45, 7) is 5.21. The van der Waals surface area contributed by atoms with Gasteiger partial charge in [0.15, 0.2) is 0 Å². The lowest BCUT2D eigenvalue weighted by molar-refractivity contribution is -0.140. The topological polar surface area (TPSA) is 86.8 Å². The zero-order valence-corrected chi connectivity index (χ0v) is 23.0. The second-order valence-corrected chi connectivity index (χ2v) is 11.0. The third-order valence-corrected chi connectivity index (χ3v) is 8.48. The summed E-state index contributed by atoms with van der Waals surface area (Å²) in [7, 11) is -2.61. The van der Waals surface area contributed by atoms with E-state index in [1.165, 1.54) is 30.1 Å². The number of hydrogen-bond donors (Lipinski definition) is 1. The van der Waals surface area contributed by atoms with Crippen molar-refractivity contribution in [1.29, 1.82) is 0 Å². The second-order valence-electron chi connectivity index (χ2n) is 8.74. The molecular formula is C28H32ClN3O4S. The summed E-state index contributed by atoms with van der Waals surface area (Å²) in [5, 5.41) is 3.01. The first-order valence-electron chi connectivity index (χ1n) is 12.0. The van der Waals surface area contributed by atoms with Crippen LogP contribution in [0.2, 0.25) is 5.02 Å². The minimum absolute atomic E-state index is 0.0447. The molecule has 0 saturated carbocycles. The molecular weight excluding hydrogens is 510 g/mol. The zero-order chi connectivity index (χ0) is 27.2. The summed E-state index contributed by atoms with van der Waals surface area (Å²) in [5.74, 6) is -0.824. The monoisotopic (exact) mass is 541 g/mol. The second kappa shape index (κ2) is 12.3. The molecule has 37 heavy (non-hydrogen) atoms. The van der Waals surface area contributed by atoms with Gasteiger partial charge in [0.2, 0.25) is 11.8 Å². The van der Waals surface area contributed by atoms with Gasteiger partial charge in [0.05, 0.1) is 10.6 Å². The van der Waals surface area contributed by atoms with Crippen molar-refractivity contribution in [1.82, 2.24) is 10.2 Å². The van der Waals surface area contributed by atoms with Crippen LogP contribution in [0.25, 0.3) is 0 Å². The normalized spacial score (nSPS) is 12.0. The Morgan fingerprint density at radius 2 is 1.59 bits per heavy atom. The van der Waals surface area contributed by atoms with Crippen molar-refractivity contribution in [2.75, 3.05) is 17.9 Å². The van der Waals surface area contributed by atoms with Crippen LogP contribution in [-0.2, 0) is 26.2 Å². The Morgan fingerprint density at radius 1 is 0.946 bits per heavy atom. The maximum atomic E-state index is 13.9. The molecule has 0 heterocycles. The minimum Gasteiger partial charge on any atom is -0.357 e. The number of benzene rings is 3. The number of carbonyl (C=O) groups excluding carboxylic acids is 2. The van der Waals surface area contributed by atoms with Crippen LogP contribution < -0.4 is 9.62 Å². The molecule has 0 saturated heterocycles. The van der Waals surface area contributed by atoms with Crippen LogP contribution in [0.15, 0.2) is 77.7 Å². The van der Waals surface area contributed by atoms with E-state index in [1.807, 2.05) is 45.0 Å². The number of aryl methyl sites for hydroxylation is 2. The number of sulfonamides is 1. The van der Waals surface area contributed by atoms with Gasteiger partial charge in [-0.2, -0.15) is 0 Å². The van der Waals surface area contributed by atoms with Gasteiger partial charge in [0.25, 0.3) is 10.0 Å². The number of nitrogens with zero attached hydrogens (tertiary/aromatic N) is 2. The van der Waals surface area contributed by atoms with Crippen molar-refractivity contribution in [3.8, 4) is 0 Å². The van der Waals surface area contributed by atoms with Gasteiger partial charge in [0.1, 0.15) is 12.6 Å². The van der Waals surface area contributed by atoms with Crippen molar-refractivity contribution in [2.24, 2.45) is 0 Å². The fourth-order valence-electron chi connectivity index (χ4n) is 4.04. The van der Waals surface area contributed by atoms with Gasteiger partial charge in [-0.05, 0) is 61.2 Å². The number of amides is 2. The van der Waals surface area contributed by atoms with Gasteiger partial charge in [-0.25, -0.2) is 8.42 Å². The van der Waals surface area contributed by atoms with E-state index in [4.69, 9.17) is 11.6 Å². The molecule has 3 rings (SSSR count). The summed E-state index contributed by atoms with van der Waals surface area (Å²) in [6, 6.07) is 19.6. The van der Waals surface area contributed by atoms with Gasteiger partial charge < -0.3 is 10.2 Å². The first kappa shape index (κ1) is 28.2. The summed E-state index contributed by atoms with van der Waals surface area (Å²) < 4.78 is 28.6. The number of anilines is 1. The maximum absolute atomic E-state index is 13.9. The summed E-state index contributed by atoms with van der Waals surface area (Å²) in [6.07, 6.45) is 0.360. The van der Waals surface area contributed by atoms with E-state index < -0.39 is 28.5 Å². The van der Waals surface area contributed by atoms with Crippen LogP contribution in [0.4, 0.5) is 5.69 Å². The molecule has 0 aliphatic rings. The van der Waals surface area contributed by atoms with Crippen LogP contribution >= 0.6 is 11.6 Å². The van der Waals surface area contributed by atoms with E-state index in [2.05, 4.69) is 5.32 Å². The molecule has 0 aliphatic heterocycles. The van der Waals surface area contributed by atoms with Gasteiger partial charge in [-0.1, -0.05) is 67.1 Å². The molecule has 7 nitrogen and oxygen atoms in total. The first-order valence-corrected chi connectivity index (χ1v) is 13.8. The van der Waals surface area contributed by atoms with E-state index in [-0.39, 0.29) is 23.0 Å². The number of nitrogens with one attached hydrogen (secondary N) is 1. The van der Waals surface area contributed by atoms with Crippen molar-refractivity contribution in [2.45, 2.75) is 44.7 Å². The highest BCUT2D eigenvalue weighted by atomic mass is 35.5. The molecule has 9 heteroatoms. The third kappa shape index (κ3) is 6.50. The Kier molecular flexibility index (Phi) is 9.34. The van der Waals surface area contributed by atoms with Crippen LogP contribution in [0.3, 0.4) is 0 Å². The van der Waals surface area contributed by atoms with Gasteiger partial charge in [-0.3, -0.25) is 13.9 Å². The molecule has 0 radical (unpaired) electrons. The lowest BCUT2D eigenvalue weighted by Gasteiger charge is -2.33. The van der Waals surface area contributed by atoms with E-state index in [0.29, 0.717) is 11.4 Å². The molecule has 0 bridgehead atoms. The Bertz CT molecular complexity index is 1360. The fourth-order valence-corrected chi connectivity index (χ4v) is 5.64. The molecule has 196 valence electrons. The lowest BCUT2D eigenvalue weighted by atomic mass is 10.1. The molecule has 0 aromatic heterocycles. The first-order chi connectivity index (χ1) is 17.6. The SMILES string of the molecule is CC[C@@H](C(=O)NC)N(Cc1ccccc1C)C(=O)CN(c1ccc(C)c(Cl)c1)S(=O)(=O)c1ccccc1. The molecule has 0 fully saturated rings. The maximum Gasteiger partial charge on any atom is 0.264 e. The Balaban J connectivity index is 2.09. The quantitative estimate of drug-likeness (QED) is 0.403. The fraction of sp³-hybridized carbons (Fsp3) is 0.286. The number of halogens is 1. The summed E-state index contributed by atoms with van der Waals surface area (Å²) in [5.41, 5.74) is 2.87. The predicted octanol–water partition coefficient (Wildman–Crippen LogP) is 4.71. The Morgan fingerprint density at radius 3 is 2.19 bits per heavy atom. The van der Waals surface area contributed by atoms with Crippen molar-refractivity contribution in [3.63, 3.8) is 0 Å². The van der Waals surface area contributed by atoms with Crippen molar-refractivity contribution < 1.29 is 18.0 Å². The molecule has 3 aromatic carbocycles. The van der Waals surface area contributed by atoms with Crippen molar-refractivity contribution >= 4 is 39.1 Å². The van der Waals surface area contributed by atoms with Crippen LogP contribution in [0.1, 0.15) is 30.0 Å². The number of hydrogen-bond acceptors (Lipinski definition) is 4. The molecule has 0 unspecified atom stereocenters. The Labute approximate surface area is 224 Å². The third-order valence-electron chi connectivity index (χ3n) is 6.29. The zero-order valence-electron chi connectivity index (χ0n) is 21.4. The average Bonchev–Trinajstić information content (AvgIpc) is 2.90. The van der Waals surface area contributed by atoms with Crippen LogP contribution in [-0.4, -0.2) is 44.8 Å². The predicted molar refractivity (Wildman–Crippen MR) is 147 cm³/mol. The molecule has 1 atom stereocenters. The number of likely N-dealkylation sites (N-methyl/N-ethyl adjacent to an activating group) is 1. The van der Waals surface area contributed by atoms with E-state index in [1.54, 1.807) is 30.3 Å². The lowest BCUT2D eigenvalue weighted by Crippen LogP contribution is -2.51. The van der Waals surface area contributed by atoms with E-state index >= 15 is 0 Å². The van der Waals surface area contributed by atoms with E-state index in [9.17, 15) is 18.0 Å². The Hall–Kier alpha value is -3.36. The molecule has 2 amide bonds. The largest absolute Gasteiger partial charge is 0.357 e. The summed E-state index contributed by atoms with van der Waals surface area (Å²) in [4.78, 5) is 28.2. The van der Waals surface area contributed by atoms with Gasteiger partial charge in [0, 0.05) is 18.6 Å². The highest BCUT2D eigenvalue weighted by Gasteiger charge is 2.33. The van der Waals surface area contributed by atoms with Crippen LogP contribution in [0, 0.1) is 13.8 Å². The smallest absolute Gasteiger partial charge is 0.264 e. The minimum atomic E-state index is -4.12. The molecule has 1 N–H and O–H groups in total.